The van der Waals surface area contributed by atoms with Crippen LogP contribution in [0.1, 0.15) is 33.6 Å². The first-order chi connectivity index (χ1) is 12.0. The molecule has 0 bridgehead atoms. The SMILES string of the molecule is CC(C)(C)[Si](OC1C=C(C#N)CC1)(c1ccccc1)c1ccccc1. The van der Waals surface area contributed by atoms with Crippen molar-refractivity contribution in [3.63, 3.8) is 0 Å². The fourth-order valence-electron chi connectivity index (χ4n) is 3.79. The van der Waals surface area contributed by atoms with Gasteiger partial charge in [0.15, 0.2) is 0 Å². The lowest BCUT2D eigenvalue weighted by atomic mass is 10.2. The first-order valence-corrected chi connectivity index (χ1v) is 10.8. The highest BCUT2D eigenvalue weighted by molar-refractivity contribution is 6.99. The lowest BCUT2D eigenvalue weighted by molar-refractivity contribution is 0.232. The van der Waals surface area contributed by atoms with Crippen LogP contribution in [0.4, 0.5) is 0 Å². The molecule has 0 aliphatic heterocycles. The number of hydrogen-bond donors (Lipinski definition) is 0. The van der Waals surface area contributed by atoms with E-state index in [1.807, 2.05) is 6.08 Å². The zero-order valence-corrected chi connectivity index (χ0v) is 16.2. The topological polar surface area (TPSA) is 33.0 Å². The molecule has 1 unspecified atom stereocenters. The van der Waals surface area contributed by atoms with Crippen LogP contribution in [0, 0.1) is 11.3 Å². The van der Waals surface area contributed by atoms with Gasteiger partial charge in [0.25, 0.3) is 8.32 Å². The number of rotatable bonds is 4. The molecule has 0 radical (unpaired) electrons. The summed E-state index contributed by atoms with van der Waals surface area (Å²) in [6, 6.07) is 23.6. The Balaban J connectivity index is 2.16. The van der Waals surface area contributed by atoms with Gasteiger partial charge in [-0.2, -0.15) is 5.26 Å². The maximum absolute atomic E-state index is 9.21. The quantitative estimate of drug-likeness (QED) is 0.778. The largest absolute Gasteiger partial charge is 0.401 e. The molecular formula is C22H25NOSi. The summed E-state index contributed by atoms with van der Waals surface area (Å²) in [5.41, 5.74) is 0.850. The Kier molecular flexibility index (Phi) is 4.94. The predicted molar refractivity (Wildman–Crippen MR) is 105 cm³/mol. The van der Waals surface area contributed by atoms with Crippen LogP contribution in [0.25, 0.3) is 0 Å². The van der Waals surface area contributed by atoms with Crippen molar-refractivity contribution in [3.05, 3.63) is 72.3 Å². The number of nitriles is 1. The molecule has 1 atom stereocenters. The van der Waals surface area contributed by atoms with Gasteiger partial charge in [-0.15, -0.1) is 0 Å². The second kappa shape index (κ2) is 6.99. The first kappa shape index (κ1) is 17.7. The van der Waals surface area contributed by atoms with Gasteiger partial charge in [-0.1, -0.05) is 81.4 Å². The van der Waals surface area contributed by atoms with E-state index in [0.29, 0.717) is 0 Å². The van der Waals surface area contributed by atoms with Crippen molar-refractivity contribution in [2.24, 2.45) is 0 Å². The van der Waals surface area contributed by atoms with Crippen molar-refractivity contribution in [1.82, 2.24) is 0 Å². The monoisotopic (exact) mass is 347 g/mol. The molecule has 1 aliphatic rings. The van der Waals surface area contributed by atoms with E-state index in [0.717, 1.165) is 18.4 Å². The van der Waals surface area contributed by atoms with Crippen LogP contribution in [0.2, 0.25) is 5.04 Å². The number of nitrogens with zero attached hydrogens (tertiary/aromatic N) is 1. The van der Waals surface area contributed by atoms with Crippen LogP contribution in [-0.4, -0.2) is 14.4 Å². The van der Waals surface area contributed by atoms with Gasteiger partial charge in [-0.25, -0.2) is 0 Å². The van der Waals surface area contributed by atoms with Gasteiger partial charge in [0.05, 0.1) is 12.2 Å². The Morgan fingerprint density at radius 2 is 1.48 bits per heavy atom. The van der Waals surface area contributed by atoms with E-state index in [1.165, 1.54) is 10.4 Å². The molecule has 3 heteroatoms. The summed E-state index contributed by atoms with van der Waals surface area (Å²) in [6.07, 6.45) is 3.76. The lowest BCUT2D eigenvalue weighted by Gasteiger charge is -2.44. The second-order valence-electron chi connectivity index (χ2n) is 7.66. The zero-order valence-electron chi connectivity index (χ0n) is 15.2. The Hall–Kier alpha value is -2.15. The maximum atomic E-state index is 9.21. The third-order valence-electron chi connectivity index (χ3n) is 4.97. The van der Waals surface area contributed by atoms with Gasteiger partial charge < -0.3 is 4.43 Å². The molecule has 2 nitrogen and oxygen atoms in total. The van der Waals surface area contributed by atoms with Gasteiger partial charge in [-0.05, 0) is 34.3 Å². The summed E-state index contributed by atoms with van der Waals surface area (Å²) in [5, 5.41) is 11.8. The molecule has 128 valence electrons. The fraction of sp³-hybridized carbons (Fsp3) is 0.318. The highest BCUT2D eigenvalue weighted by Gasteiger charge is 2.51. The standard InChI is InChI=1S/C22H25NOSi/c1-22(2,3)25(20-10-6-4-7-11-20,21-12-8-5-9-13-21)24-19-15-14-18(16-19)17-23/h4-13,16,19H,14-15H2,1-3H3. The average molecular weight is 348 g/mol. The van der Waals surface area contributed by atoms with Crippen molar-refractivity contribution in [1.29, 1.82) is 5.26 Å². The van der Waals surface area contributed by atoms with E-state index in [2.05, 4.69) is 87.5 Å². The summed E-state index contributed by atoms with van der Waals surface area (Å²) in [4.78, 5) is 0. The number of hydrogen-bond acceptors (Lipinski definition) is 2. The lowest BCUT2D eigenvalue weighted by Crippen LogP contribution is -2.67. The first-order valence-electron chi connectivity index (χ1n) is 8.87. The van der Waals surface area contributed by atoms with Crippen molar-refractivity contribution in [3.8, 4) is 6.07 Å². The van der Waals surface area contributed by atoms with Gasteiger partial charge >= 0.3 is 0 Å². The van der Waals surface area contributed by atoms with Crippen molar-refractivity contribution >= 4 is 18.7 Å². The molecule has 3 rings (SSSR count). The van der Waals surface area contributed by atoms with E-state index in [1.54, 1.807) is 0 Å². The Bertz CT molecular complexity index is 745. The van der Waals surface area contributed by atoms with E-state index in [-0.39, 0.29) is 11.1 Å². The molecule has 0 spiro atoms. The van der Waals surface area contributed by atoms with E-state index >= 15 is 0 Å². The smallest absolute Gasteiger partial charge is 0.261 e. The van der Waals surface area contributed by atoms with Crippen LogP contribution >= 0.6 is 0 Å². The second-order valence-corrected chi connectivity index (χ2v) is 11.9. The minimum absolute atomic E-state index is 0.0148. The van der Waals surface area contributed by atoms with Crippen LogP contribution in [0.3, 0.4) is 0 Å². The Morgan fingerprint density at radius 3 is 1.88 bits per heavy atom. The summed E-state index contributed by atoms with van der Waals surface area (Å²) in [6.45, 7) is 6.84. The van der Waals surface area contributed by atoms with Crippen molar-refractivity contribution in [2.45, 2.75) is 44.8 Å². The minimum atomic E-state index is -2.51. The molecule has 0 saturated carbocycles. The normalized spacial score (nSPS) is 17.8. The van der Waals surface area contributed by atoms with E-state index in [9.17, 15) is 5.26 Å². The molecule has 0 amide bonds. The van der Waals surface area contributed by atoms with E-state index < -0.39 is 8.32 Å². The molecule has 0 N–H and O–H groups in total. The third-order valence-corrected chi connectivity index (χ3v) is 10.0. The zero-order chi connectivity index (χ0) is 17.9. The average Bonchev–Trinajstić information content (AvgIpc) is 3.08. The van der Waals surface area contributed by atoms with Crippen LogP contribution in [0.5, 0.6) is 0 Å². The summed E-state index contributed by atoms with van der Waals surface area (Å²) >= 11 is 0. The summed E-state index contributed by atoms with van der Waals surface area (Å²) in [7, 11) is -2.51. The molecule has 0 heterocycles. The maximum Gasteiger partial charge on any atom is 0.261 e. The molecule has 1 aliphatic carbocycles. The van der Waals surface area contributed by atoms with Gasteiger partial charge in [0.2, 0.25) is 0 Å². The highest BCUT2D eigenvalue weighted by Crippen LogP contribution is 2.39. The van der Waals surface area contributed by atoms with Crippen LogP contribution in [0.15, 0.2) is 72.3 Å². The van der Waals surface area contributed by atoms with Gasteiger partial charge in [0.1, 0.15) is 0 Å². The minimum Gasteiger partial charge on any atom is -0.401 e. The molecule has 2 aromatic rings. The van der Waals surface area contributed by atoms with Crippen molar-refractivity contribution in [2.75, 3.05) is 0 Å². The fourth-order valence-corrected chi connectivity index (χ4v) is 8.45. The summed E-state index contributed by atoms with van der Waals surface area (Å²) in [5.74, 6) is 0. The Morgan fingerprint density at radius 1 is 0.960 bits per heavy atom. The molecular weight excluding hydrogens is 322 g/mol. The number of benzene rings is 2. The molecule has 0 aromatic heterocycles. The van der Waals surface area contributed by atoms with Gasteiger partial charge in [-0.3, -0.25) is 0 Å². The third kappa shape index (κ3) is 3.33. The van der Waals surface area contributed by atoms with Crippen LogP contribution in [-0.2, 0) is 4.43 Å². The summed E-state index contributed by atoms with van der Waals surface area (Å²) < 4.78 is 6.98. The van der Waals surface area contributed by atoms with Crippen LogP contribution < -0.4 is 10.4 Å². The predicted octanol–water partition coefficient (Wildman–Crippen LogP) is 4.18. The Labute approximate surface area is 151 Å². The van der Waals surface area contributed by atoms with E-state index in [4.69, 9.17) is 4.43 Å². The molecule has 0 saturated heterocycles. The number of allylic oxidation sites excluding steroid dienone is 1. The molecule has 25 heavy (non-hydrogen) atoms. The highest BCUT2D eigenvalue weighted by atomic mass is 28.4. The van der Waals surface area contributed by atoms with Crippen molar-refractivity contribution < 1.29 is 4.43 Å². The molecule has 0 fully saturated rings. The van der Waals surface area contributed by atoms with Gasteiger partial charge in [0, 0.05) is 5.57 Å². The molecule has 2 aromatic carbocycles.